The van der Waals surface area contributed by atoms with E-state index in [9.17, 15) is 8.78 Å². The molecule has 0 aliphatic rings. The molecule has 84 valence electrons. The van der Waals surface area contributed by atoms with Crippen LogP contribution < -0.4 is 0 Å². The molecule has 2 aromatic carbocycles. The normalized spacial score (nSPS) is 10.0. The number of aryl methyl sites for hydroxylation is 1. The van der Waals surface area contributed by atoms with Crippen LogP contribution in [0.2, 0.25) is 0 Å². The van der Waals surface area contributed by atoms with Gasteiger partial charge in [0.2, 0.25) is 0 Å². The van der Waals surface area contributed by atoms with E-state index >= 15 is 0 Å². The van der Waals surface area contributed by atoms with E-state index in [1.54, 1.807) is 30.3 Å². The Kier molecular flexibility index (Phi) is 2.88. The predicted molar refractivity (Wildman–Crippen MR) is 61.2 cm³/mol. The van der Waals surface area contributed by atoms with E-state index < -0.39 is 11.6 Å². The molecule has 0 amide bonds. The average molecular weight is 229 g/mol. The Labute approximate surface area is 97.9 Å². The van der Waals surface area contributed by atoms with Gasteiger partial charge in [0, 0.05) is 0 Å². The van der Waals surface area contributed by atoms with E-state index in [1.807, 2.05) is 6.07 Å². The van der Waals surface area contributed by atoms with Gasteiger partial charge in [-0.1, -0.05) is 12.1 Å². The van der Waals surface area contributed by atoms with E-state index in [-0.39, 0.29) is 5.56 Å². The molecule has 0 aliphatic heterocycles. The fraction of sp³-hybridized carbons (Fsp3) is 0.0714. The van der Waals surface area contributed by atoms with Gasteiger partial charge in [-0.25, -0.2) is 8.78 Å². The second-order valence-corrected chi connectivity index (χ2v) is 3.78. The molecule has 0 aromatic heterocycles. The zero-order valence-corrected chi connectivity index (χ0v) is 9.17. The fourth-order valence-electron chi connectivity index (χ4n) is 1.66. The summed E-state index contributed by atoms with van der Waals surface area (Å²) in [6.45, 7) is 1.51. The Morgan fingerprint density at radius 1 is 1.06 bits per heavy atom. The highest BCUT2D eigenvalue weighted by atomic mass is 19.2. The Hall–Kier alpha value is -2.21. The molecular formula is C14H9F2N. The Morgan fingerprint density at radius 3 is 2.47 bits per heavy atom. The molecule has 0 fully saturated rings. The van der Waals surface area contributed by atoms with Crippen LogP contribution in [-0.4, -0.2) is 0 Å². The molecule has 0 bridgehead atoms. The predicted octanol–water partition coefficient (Wildman–Crippen LogP) is 3.81. The van der Waals surface area contributed by atoms with Gasteiger partial charge in [0.15, 0.2) is 11.6 Å². The smallest absolute Gasteiger partial charge is 0.161 e. The maximum atomic E-state index is 13.3. The number of hydrogen-bond donors (Lipinski definition) is 0. The molecule has 0 saturated heterocycles. The Bertz CT molecular complexity index is 589. The summed E-state index contributed by atoms with van der Waals surface area (Å²) in [6, 6.07) is 11.5. The number of halogens is 2. The first-order valence-electron chi connectivity index (χ1n) is 5.08. The molecule has 0 saturated carbocycles. The van der Waals surface area contributed by atoms with Crippen molar-refractivity contribution in [2.24, 2.45) is 0 Å². The first-order valence-corrected chi connectivity index (χ1v) is 5.08. The van der Waals surface area contributed by atoms with E-state index in [4.69, 9.17) is 5.26 Å². The zero-order chi connectivity index (χ0) is 12.4. The lowest BCUT2D eigenvalue weighted by Gasteiger charge is -2.05. The van der Waals surface area contributed by atoms with Gasteiger partial charge >= 0.3 is 0 Å². The lowest BCUT2D eigenvalue weighted by Crippen LogP contribution is -1.91. The summed E-state index contributed by atoms with van der Waals surface area (Å²) < 4.78 is 26.4. The van der Waals surface area contributed by atoms with Gasteiger partial charge in [-0.15, -0.1) is 0 Å². The minimum Gasteiger partial charge on any atom is -0.204 e. The van der Waals surface area contributed by atoms with Crippen molar-refractivity contribution in [3.63, 3.8) is 0 Å². The highest BCUT2D eigenvalue weighted by Crippen LogP contribution is 2.24. The van der Waals surface area contributed by atoms with Crippen molar-refractivity contribution in [1.82, 2.24) is 0 Å². The van der Waals surface area contributed by atoms with E-state index in [0.717, 1.165) is 6.07 Å². The van der Waals surface area contributed by atoms with E-state index in [0.29, 0.717) is 16.7 Å². The van der Waals surface area contributed by atoms with Crippen molar-refractivity contribution in [1.29, 1.82) is 5.26 Å². The van der Waals surface area contributed by atoms with Gasteiger partial charge in [0.25, 0.3) is 0 Å². The van der Waals surface area contributed by atoms with Crippen molar-refractivity contribution < 1.29 is 8.78 Å². The van der Waals surface area contributed by atoms with Crippen LogP contribution >= 0.6 is 0 Å². The summed E-state index contributed by atoms with van der Waals surface area (Å²) in [5.74, 6) is -1.70. The molecule has 0 heterocycles. The highest BCUT2D eigenvalue weighted by molar-refractivity contribution is 5.66. The molecule has 3 heteroatoms. The Balaban J connectivity index is 2.57. The largest absolute Gasteiger partial charge is 0.204 e. The molecule has 2 rings (SSSR count). The standard InChI is InChI=1S/C14H9F2N/c1-9-5-12(7-13(15)14(9)16)11-4-2-3-10(6-11)8-17/h2-7H,1H3. The molecule has 2 aromatic rings. The summed E-state index contributed by atoms with van der Waals surface area (Å²) in [7, 11) is 0. The lowest BCUT2D eigenvalue weighted by molar-refractivity contribution is 0.503. The molecular weight excluding hydrogens is 220 g/mol. The second-order valence-electron chi connectivity index (χ2n) is 3.78. The average Bonchev–Trinajstić information content (AvgIpc) is 2.35. The van der Waals surface area contributed by atoms with Crippen molar-refractivity contribution in [3.05, 3.63) is 59.2 Å². The number of benzene rings is 2. The third-order valence-electron chi connectivity index (χ3n) is 2.54. The molecule has 0 unspecified atom stereocenters. The van der Waals surface area contributed by atoms with Crippen LogP contribution in [0.5, 0.6) is 0 Å². The van der Waals surface area contributed by atoms with Crippen molar-refractivity contribution in [2.75, 3.05) is 0 Å². The third kappa shape index (κ3) is 2.16. The lowest BCUT2D eigenvalue weighted by atomic mass is 10.0. The van der Waals surface area contributed by atoms with Crippen molar-refractivity contribution in [2.45, 2.75) is 6.92 Å². The summed E-state index contributed by atoms with van der Waals surface area (Å²) >= 11 is 0. The highest BCUT2D eigenvalue weighted by Gasteiger charge is 2.08. The summed E-state index contributed by atoms with van der Waals surface area (Å²) in [6.07, 6.45) is 0. The van der Waals surface area contributed by atoms with Crippen molar-refractivity contribution >= 4 is 0 Å². The second kappa shape index (κ2) is 4.34. The summed E-state index contributed by atoms with van der Waals surface area (Å²) in [4.78, 5) is 0. The van der Waals surface area contributed by atoms with Gasteiger partial charge in [-0.2, -0.15) is 5.26 Å². The monoisotopic (exact) mass is 229 g/mol. The maximum absolute atomic E-state index is 13.3. The van der Waals surface area contributed by atoms with Crippen LogP contribution in [0.3, 0.4) is 0 Å². The first-order chi connectivity index (χ1) is 8.11. The molecule has 0 radical (unpaired) electrons. The van der Waals surface area contributed by atoms with Gasteiger partial charge in [-0.05, 0) is 47.9 Å². The van der Waals surface area contributed by atoms with Gasteiger partial charge in [0.05, 0.1) is 11.6 Å². The topological polar surface area (TPSA) is 23.8 Å². The molecule has 0 aliphatic carbocycles. The van der Waals surface area contributed by atoms with E-state index in [2.05, 4.69) is 0 Å². The quantitative estimate of drug-likeness (QED) is 0.729. The van der Waals surface area contributed by atoms with Gasteiger partial charge < -0.3 is 0 Å². The first kappa shape index (κ1) is 11.3. The van der Waals surface area contributed by atoms with Crippen molar-refractivity contribution in [3.8, 4) is 17.2 Å². The number of rotatable bonds is 1. The molecule has 0 N–H and O–H groups in total. The van der Waals surface area contributed by atoms with Crippen LogP contribution in [0, 0.1) is 29.9 Å². The maximum Gasteiger partial charge on any atom is 0.161 e. The molecule has 0 spiro atoms. The third-order valence-corrected chi connectivity index (χ3v) is 2.54. The minimum absolute atomic E-state index is 0.252. The minimum atomic E-state index is -0.873. The van der Waals surface area contributed by atoms with Crippen LogP contribution in [0.1, 0.15) is 11.1 Å². The SMILES string of the molecule is Cc1cc(-c2cccc(C#N)c2)cc(F)c1F. The van der Waals surface area contributed by atoms with Crippen LogP contribution in [-0.2, 0) is 0 Å². The zero-order valence-electron chi connectivity index (χ0n) is 9.17. The number of nitrogens with zero attached hydrogens (tertiary/aromatic N) is 1. The fourth-order valence-corrected chi connectivity index (χ4v) is 1.66. The van der Waals surface area contributed by atoms with E-state index in [1.165, 1.54) is 6.92 Å². The summed E-state index contributed by atoms with van der Waals surface area (Å²) in [5, 5.41) is 8.78. The number of nitriles is 1. The van der Waals surface area contributed by atoms with Gasteiger partial charge in [0.1, 0.15) is 0 Å². The Morgan fingerprint density at radius 2 is 1.82 bits per heavy atom. The van der Waals surface area contributed by atoms with Gasteiger partial charge in [-0.3, -0.25) is 0 Å². The van der Waals surface area contributed by atoms with Crippen LogP contribution in [0.15, 0.2) is 36.4 Å². The summed E-state index contributed by atoms with van der Waals surface area (Å²) in [5.41, 5.74) is 2.01. The number of hydrogen-bond acceptors (Lipinski definition) is 1. The van der Waals surface area contributed by atoms with Crippen LogP contribution in [0.4, 0.5) is 8.78 Å². The molecule has 17 heavy (non-hydrogen) atoms. The molecule has 0 atom stereocenters. The molecule has 1 nitrogen and oxygen atoms in total. The van der Waals surface area contributed by atoms with Crippen LogP contribution in [0.25, 0.3) is 11.1 Å².